The number of nitrogens with zero attached hydrogens (tertiary/aromatic N) is 4. The van der Waals surface area contributed by atoms with Gasteiger partial charge in [0.25, 0.3) is 0 Å². The van der Waals surface area contributed by atoms with Crippen LogP contribution in [0.1, 0.15) is 90.9 Å². The average molecular weight is 689 g/mol. The molecule has 0 aliphatic rings. The Labute approximate surface area is 257 Å². The largest absolute Gasteiger partial charge is 0.741 e. The van der Waals surface area contributed by atoms with Gasteiger partial charge in [-0.3, -0.25) is 0 Å². The van der Waals surface area contributed by atoms with Crippen molar-refractivity contribution in [2.45, 2.75) is 115 Å². The Hall–Kier alpha value is -2.18. The van der Waals surface area contributed by atoms with Gasteiger partial charge in [0.2, 0.25) is 12.7 Å². The summed E-state index contributed by atoms with van der Waals surface area (Å²) in [6.45, 7) is 6.86. The normalized spacial score (nSPS) is 11.9. The lowest BCUT2D eigenvalue weighted by molar-refractivity contribution is -0.671. The van der Waals surface area contributed by atoms with Gasteiger partial charge in [-0.05, 0) is 25.7 Å². The summed E-state index contributed by atoms with van der Waals surface area (Å²) in [7, 11) is -8.05. The van der Waals surface area contributed by atoms with E-state index in [2.05, 4.69) is 83.7 Å². The fourth-order valence-electron chi connectivity index (χ4n) is 3.42. The molecule has 2 heterocycles. The monoisotopic (exact) mass is 688 g/mol. The van der Waals surface area contributed by atoms with Crippen LogP contribution in [-0.4, -0.2) is 46.1 Å². The van der Waals surface area contributed by atoms with Crippen molar-refractivity contribution in [2.24, 2.45) is 14.1 Å². The van der Waals surface area contributed by atoms with E-state index in [1.165, 1.54) is 90.1 Å². The van der Waals surface area contributed by atoms with Crippen LogP contribution in [0.25, 0.3) is 0 Å². The number of halogens is 6. The van der Waals surface area contributed by atoms with Crippen LogP contribution in [0.5, 0.6) is 0 Å². The molecule has 0 saturated carbocycles. The van der Waals surface area contributed by atoms with E-state index in [9.17, 15) is 26.3 Å². The van der Waals surface area contributed by atoms with E-state index in [0.717, 1.165) is 0 Å². The minimum Gasteiger partial charge on any atom is -0.741 e. The molecule has 0 spiro atoms. The zero-order valence-corrected chi connectivity index (χ0v) is 27.3. The number of hydrogen-bond acceptors (Lipinski definition) is 6. The van der Waals surface area contributed by atoms with Gasteiger partial charge in [-0.1, -0.05) is 65.2 Å². The fourth-order valence-corrected chi connectivity index (χ4v) is 3.42. The minimum atomic E-state index is -6.09. The Balaban J connectivity index is 0. The Morgan fingerprint density at radius 2 is 0.818 bits per heavy atom. The maximum atomic E-state index is 10.7. The maximum Gasteiger partial charge on any atom is 0.485 e. The smallest absolute Gasteiger partial charge is 0.485 e. The molecule has 0 radical (unpaired) electrons. The second-order valence-electron chi connectivity index (χ2n) is 9.97. The van der Waals surface area contributed by atoms with Gasteiger partial charge < -0.3 is 9.11 Å². The van der Waals surface area contributed by atoms with Crippen molar-refractivity contribution >= 4 is 20.2 Å². The third-order valence-electron chi connectivity index (χ3n) is 5.75. The first kappa shape index (κ1) is 43.9. The second kappa shape index (κ2) is 22.3. The summed E-state index contributed by atoms with van der Waals surface area (Å²) in [6.07, 6.45) is 29.3. The molecule has 2 aromatic heterocycles. The second-order valence-corrected chi connectivity index (χ2v) is 12.7. The Bertz CT molecular complexity index is 1170. The van der Waals surface area contributed by atoms with Crippen molar-refractivity contribution in [1.82, 2.24) is 9.13 Å². The molecule has 0 amide bonds. The maximum absolute atomic E-state index is 10.7. The van der Waals surface area contributed by atoms with E-state index >= 15 is 0 Å². The Morgan fingerprint density at radius 1 is 0.568 bits per heavy atom. The first-order chi connectivity index (χ1) is 20.2. The number of aromatic nitrogens is 4. The summed E-state index contributed by atoms with van der Waals surface area (Å²) in [5, 5.41) is 0. The first-order valence-corrected chi connectivity index (χ1v) is 17.0. The van der Waals surface area contributed by atoms with Crippen LogP contribution in [0.2, 0.25) is 0 Å². The molecule has 0 fully saturated rings. The van der Waals surface area contributed by atoms with Crippen molar-refractivity contribution in [3.8, 4) is 0 Å². The predicted molar refractivity (Wildman–Crippen MR) is 149 cm³/mol. The molecule has 0 aliphatic carbocycles. The van der Waals surface area contributed by atoms with Gasteiger partial charge in [0.05, 0.1) is 27.2 Å². The van der Waals surface area contributed by atoms with Crippen molar-refractivity contribution in [3.63, 3.8) is 0 Å². The molecular weight excluding hydrogens is 642 g/mol. The van der Waals surface area contributed by atoms with E-state index in [-0.39, 0.29) is 0 Å². The lowest BCUT2D eigenvalue weighted by Crippen LogP contribution is -2.23. The highest BCUT2D eigenvalue weighted by molar-refractivity contribution is 7.86. The van der Waals surface area contributed by atoms with E-state index in [4.69, 9.17) is 25.9 Å². The van der Waals surface area contributed by atoms with Crippen molar-refractivity contribution < 1.29 is 61.4 Å². The van der Waals surface area contributed by atoms with Gasteiger partial charge in [0, 0.05) is 0 Å². The third kappa shape index (κ3) is 24.2. The lowest BCUT2D eigenvalue weighted by Gasteiger charge is -2.08. The molecule has 260 valence electrons. The molecule has 0 aromatic carbocycles. The van der Waals surface area contributed by atoms with Crippen LogP contribution >= 0.6 is 0 Å². The molecule has 0 saturated heterocycles. The SMILES string of the molecule is CCCCCCCCCCn1cc[n+](C)c1.CCCCCCn1cc[n+](C)c1.O=S(=O)([O-])C(F)(F)F.O=S(=O)([O-])C(F)(F)F. The van der Waals surface area contributed by atoms with Crippen molar-refractivity contribution in [2.75, 3.05) is 0 Å². The first-order valence-electron chi connectivity index (χ1n) is 14.2. The van der Waals surface area contributed by atoms with Gasteiger partial charge in [-0.25, -0.2) is 35.1 Å². The molecule has 0 aliphatic heterocycles. The summed E-state index contributed by atoms with van der Waals surface area (Å²) in [5.74, 6) is 0. The fraction of sp³-hybridized carbons (Fsp3) is 0.769. The summed E-state index contributed by atoms with van der Waals surface area (Å²) in [6, 6.07) is 0. The summed E-state index contributed by atoms with van der Waals surface area (Å²) in [4.78, 5) is 0. The standard InChI is InChI=1S/C14H27N2.C10H19N2.2CHF3O3S/c1-3-4-5-6-7-8-9-10-11-16-13-12-15(2)14-16;1-3-4-5-6-7-12-9-8-11(2)10-12;2*2-1(3,4)8(5,6)7/h12-14H,3-11H2,1-2H3;8-10H,3-7H2,1-2H3;2*(H,5,6,7)/q2*+1;;/p-2. The Kier molecular flexibility index (Phi) is 22.3. The minimum absolute atomic E-state index is 1.17. The number of hydrogen-bond donors (Lipinski definition) is 0. The van der Waals surface area contributed by atoms with Gasteiger partial charge in [0.1, 0.15) is 24.8 Å². The van der Waals surface area contributed by atoms with Crippen LogP contribution in [0.15, 0.2) is 37.4 Å². The molecular formula is C26H46F6N4O6S2. The summed E-state index contributed by atoms with van der Waals surface area (Å²) in [5.41, 5.74) is -11.3. The lowest BCUT2D eigenvalue weighted by atomic mass is 10.1. The quantitative estimate of drug-likeness (QED) is 0.0853. The van der Waals surface area contributed by atoms with Crippen LogP contribution in [0, 0.1) is 0 Å². The topological polar surface area (TPSA) is 132 Å². The number of aryl methyl sites for hydroxylation is 4. The van der Waals surface area contributed by atoms with Crippen molar-refractivity contribution in [1.29, 1.82) is 0 Å². The van der Waals surface area contributed by atoms with Crippen LogP contribution in [-0.2, 0) is 47.4 Å². The molecule has 0 N–H and O–H groups in total. The number of rotatable bonds is 14. The summed E-state index contributed by atoms with van der Waals surface area (Å²) >= 11 is 0. The molecule has 0 atom stereocenters. The molecule has 10 nitrogen and oxygen atoms in total. The zero-order chi connectivity index (χ0) is 34.5. The highest BCUT2D eigenvalue weighted by Crippen LogP contribution is 2.21. The zero-order valence-electron chi connectivity index (χ0n) is 25.7. The molecule has 0 bridgehead atoms. The van der Waals surface area contributed by atoms with E-state index in [1.54, 1.807) is 0 Å². The number of alkyl halides is 6. The van der Waals surface area contributed by atoms with E-state index < -0.39 is 31.3 Å². The summed E-state index contributed by atoms with van der Waals surface area (Å²) < 4.78 is 127. The third-order valence-corrected chi connectivity index (χ3v) is 6.89. The van der Waals surface area contributed by atoms with Gasteiger partial charge in [-0.15, -0.1) is 0 Å². The molecule has 44 heavy (non-hydrogen) atoms. The van der Waals surface area contributed by atoms with Gasteiger partial charge in [-0.2, -0.15) is 26.3 Å². The predicted octanol–water partition coefficient (Wildman–Crippen LogP) is 5.45. The highest BCUT2D eigenvalue weighted by Gasteiger charge is 2.37. The van der Waals surface area contributed by atoms with Crippen molar-refractivity contribution in [3.05, 3.63) is 37.4 Å². The Morgan fingerprint density at radius 3 is 1.05 bits per heavy atom. The number of imidazole rings is 2. The molecule has 0 unspecified atom stereocenters. The molecule has 2 rings (SSSR count). The van der Waals surface area contributed by atoms with Gasteiger partial charge in [0.15, 0.2) is 20.2 Å². The highest BCUT2D eigenvalue weighted by atomic mass is 32.2. The van der Waals surface area contributed by atoms with Gasteiger partial charge >= 0.3 is 11.0 Å². The average Bonchev–Trinajstić information content (AvgIpc) is 3.49. The van der Waals surface area contributed by atoms with Crippen LogP contribution < -0.4 is 9.13 Å². The van der Waals surface area contributed by atoms with Crippen LogP contribution in [0.3, 0.4) is 0 Å². The molecule has 18 heteroatoms. The van der Waals surface area contributed by atoms with E-state index in [0.29, 0.717) is 0 Å². The number of unbranched alkanes of at least 4 members (excludes halogenated alkanes) is 10. The molecule has 2 aromatic rings. The van der Waals surface area contributed by atoms with E-state index in [1.807, 2.05) is 0 Å². The van der Waals surface area contributed by atoms with Crippen LogP contribution in [0.4, 0.5) is 26.3 Å².